The topological polar surface area (TPSA) is 134 Å². The number of H-pyrrole nitrogens is 1. The zero-order chi connectivity index (χ0) is 22.6. The highest BCUT2D eigenvalue weighted by molar-refractivity contribution is 6.06. The quantitative estimate of drug-likeness (QED) is 0.431. The lowest BCUT2D eigenvalue weighted by Gasteiger charge is -2.38. The van der Waals surface area contributed by atoms with Crippen molar-refractivity contribution in [2.45, 2.75) is 19.0 Å². The van der Waals surface area contributed by atoms with E-state index >= 15 is 0 Å². The number of nitrogens with zero attached hydrogens (tertiary/aromatic N) is 5. The Morgan fingerprint density at radius 3 is 2.84 bits per heavy atom. The molecule has 0 unspecified atom stereocenters. The van der Waals surface area contributed by atoms with E-state index in [1.807, 2.05) is 0 Å². The van der Waals surface area contributed by atoms with Crippen LogP contribution in [0.1, 0.15) is 17.3 Å². The second-order valence-corrected chi connectivity index (χ2v) is 7.71. The van der Waals surface area contributed by atoms with Crippen LogP contribution in [-0.4, -0.2) is 66.2 Å². The Morgan fingerprint density at radius 1 is 1.31 bits per heavy atom. The number of hydrogen-bond acceptors (Lipinski definition) is 6. The van der Waals surface area contributed by atoms with E-state index in [1.165, 1.54) is 23.1 Å². The second-order valence-electron chi connectivity index (χ2n) is 7.71. The number of rotatable bonds is 4. The number of imidazole rings is 1. The Labute approximate surface area is 179 Å². The molecule has 4 N–H and O–H groups in total. The van der Waals surface area contributed by atoms with E-state index in [1.54, 1.807) is 11.8 Å². The van der Waals surface area contributed by atoms with E-state index in [2.05, 4.69) is 25.3 Å². The summed E-state index contributed by atoms with van der Waals surface area (Å²) in [4.78, 5) is 42.4. The van der Waals surface area contributed by atoms with Crippen LogP contribution in [0.5, 0.6) is 0 Å². The lowest BCUT2D eigenvalue weighted by molar-refractivity contribution is -0.137. The smallest absolute Gasteiger partial charge is 0.255 e. The third-order valence-corrected chi connectivity index (χ3v) is 5.35. The Balaban J connectivity index is 1.46. The predicted octanol–water partition coefficient (Wildman–Crippen LogP) is 0.839. The molecule has 1 atom stereocenters. The SMILES string of the molecule is C[C@@H](NC(=O)c1c[nH]c2ncc(-c3ncn4cc(F)cc(F)c34)nc12)C(=O)N1CC(N)C1. The van der Waals surface area contributed by atoms with E-state index in [0.717, 1.165) is 12.3 Å². The zero-order valence-electron chi connectivity index (χ0n) is 16.8. The number of pyridine rings is 1. The molecule has 2 amide bonds. The van der Waals surface area contributed by atoms with Gasteiger partial charge in [0.2, 0.25) is 5.91 Å². The number of likely N-dealkylation sites (tertiary alicyclic amines) is 1. The molecule has 0 spiro atoms. The highest BCUT2D eigenvalue weighted by Crippen LogP contribution is 2.26. The first kappa shape index (κ1) is 20.0. The van der Waals surface area contributed by atoms with E-state index < -0.39 is 23.6 Å². The molecular formula is C20H18F2N8O2. The van der Waals surface area contributed by atoms with Gasteiger partial charge in [0.1, 0.15) is 40.6 Å². The minimum Gasteiger partial charge on any atom is -0.344 e. The lowest BCUT2D eigenvalue weighted by atomic mass is 10.1. The lowest BCUT2D eigenvalue weighted by Crippen LogP contribution is -2.61. The van der Waals surface area contributed by atoms with Crippen LogP contribution in [-0.2, 0) is 4.79 Å². The summed E-state index contributed by atoms with van der Waals surface area (Å²) >= 11 is 0. The van der Waals surface area contributed by atoms with Gasteiger partial charge in [-0.3, -0.25) is 9.59 Å². The molecule has 4 aromatic rings. The van der Waals surface area contributed by atoms with Gasteiger partial charge in [0.05, 0.1) is 11.8 Å². The van der Waals surface area contributed by atoms with Crippen molar-refractivity contribution in [2.75, 3.05) is 13.1 Å². The highest BCUT2D eigenvalue weighted by atomic mass is 19.1. The van der Waals surface area contributed by atoms with Gasteiger partial charge >= 0.3 is 0 Å². The molecular weight excluding hydrogens is 422 g/mol. The molecule has 32 heavy (non-hydrogen) atoms. The molecule has 0 radical (unpaired) electrons. The molecule has 0 aromatic carbocycles. The van der Waals surface area contributed by atoms with Crippen molar-refractivity contribution < 1.29 is 18.4 Å². The molecule has 1 aliphatic heterocycles. The number of aromatic nitrogens is 5. The molecule has 12 heteroatoms. The molecule has 1 aliphatic rings. The maximum Gasteiger partial charge on any atom is 0.255 e. The Kier molecular flexibility index (Phi) is 4.59. The van der Waals surface area contributed by atoms with Crippen LogP contribution < -0.4 is 11.1 Å². The van der Waals surface area contributed by atoms with Crippen molar-refractivity contribution in [1.82, 2.24) is 34.6 Å². The standard InChI is InChI=1S/C20H18F2N8O2/c1-9(20(32)29-6-11(23)7-29)27-19(31)12-3-24-18-15(12)28-14(4-25-18)16-17-13(22)2-10(21)5-30(17)8-26-16/h2-5,8-9,11H,6-7,23H2,1H3,(H,24,25)(H,27,31)/t9-/m1/s1. The van der Waals surface area contributed by atoms with Gasteiger partial charge in [-0.1, -0.05) is 0 Å². The Hall–Kier alpha value is -3.93. The highest BCUT2D eigenvalue weighted by Gasteiger charge is 2.31. The number of nitrogens with one attached hydrogen (secondary N) is 2. The largest absolute Gasteiger partial charge is 0.344 e. The van der Waals surface area contributed by atoms with Crippen molar-refractivity contribution in [3.05, 3.63) is 48.2 Å². The van der Waals surface area contributed by atoms with Crippen LogP contribution in [0.25, 0.3) is 28.1 Å². The van der Waals surface area contributed by atoms with Crippen LogP contribution in [0.4, 0.5) is 8.78 Å². The van der Waals surface area contributed by atoms with E-state index in [0.29, 0.717) is 18.7 Å². The molecule has 10 nitrogen and oxygen atoms in total. The van der Waals surface area contributed by atoms with Gasteiger partial charge in [0.25, 0.3) is 5.91 Å². The number of carbonyl (C=O) groups is 2. The number of halogens is 2. The number of nitrogens with two attached hydrogens (primary N) is 1. The summed E-state index contributed by atoms with van der Waals surface area (Å²) in [6.45, 7) is 2.51. The van der Waals surface area contributed by atoms with Crippen LogP contribution >= 0.6 is 0 Å². The fourth-order valence-corrected chi connectivity index (χ4v) is 3.72. The third-order valence-electron chi connectivity index (χ3n) is 5.35. The molecule has 1 saturated heterocycles. The number of hydrogen-bond donors (Lipinski definition) is 3. The average Bonchev–Trinajstić information content (AvgIpc) is 3.34. The van der Waals surface area contributed by atoms with Gasteiger partial charge < -0.3 is 25.3 Å². The molecule has 164 valence electrons. The summed E-state index contributed by atoms with van der Waals surface area (Å²) in [5.41, 5.74) is 6.84. The van der Waals surface area contributed by atoms with Crippen molar-refractivity contribution in [2.24, 2.45) is 5.73 Å². The summed E-state index contributed by atoms with van der Waals surface area (Å²) in [5.74, 6) is -2.28. The molecule has 5 heterocycles. The summed E-state index contributed by atoms with van der Waals surface area (Å²) in [6.07, 6.45) is 5.18. The minimum absolute atomic E-state index is 0.0357. The molecule has 5 rings (SSSR count). The van der Waals surface area contributed by atoms with Crippen LogP contribution in [0.3, 0.4) is 0 Å². The van der Waals surface area contributed by atoms with Crippen molar-refractivity contribution in [3.63, 3.8) is 0 Å². The molecule has 4 aromatic heterocycles. The number of carbonyl (C=O) groups excluding carboxylic acids is 2. The van der Waals surface area contributed by atoms with E-state index in [4.69, 9.17) is 5.73 Å². The number of fused-ring (bicyclic) bond motifs is 2. The average molecular weight is 440 g/mol. The monoisotopic (exact) mass is 440 g/mol. The van der Waals surface area contributed by atoms with Gasteiger partial charge in [-0.2, -0.15) is 0 Å². The Bertz CT molecular complexity index is 1370. The maximum atomic E-state index is 14.4. The second kappa shape index (κ2) is 7.34. The first-order valence-electron chi connectivity index (χ1n) is 9.83. The molecule has 1 fully saturated rings. The summed E-state index contributed by atoms with van der Waals surface area (Å²) in [5, 5.41) is 2.66. The van der Waals surface area contributed by atoms with Crippen LogP contribution in [0.2, 0.25) is 0 Å². The molecule has 0 saturated carbocycles. The van der Waals surface area contributed by atoms with Gasteiger partial charge in [0, 0.05) is 37.6 Å². The van der Waals surface area contributed by atoms with Crippen molar-refractivity contribution in [3.8, 4) is 11.4 Å². The first-order chi connectivity index (χ1) is 15.3. The third kappa shape index (κ3) is 3.24. The maximum absolute atomic E-state index is 14.4. The summed E-state index contributed by atoms with van der Waals surface area (Å²) in [6, 6.07) is -0.0351. The minimum atomic E-state index is -0.801. The molecule has 0 aliphatic carbocycles. The predicted molar refractivity (Wildman–Crippen MR) is 109 cm³/mol. The van der Waals surface area contributed by atoms with Crippen molar-refractivity contribution >= 4 is 28.5 Å². The first-order valence-corrected chi connectivity index (χ1v) is 9.83. The van der Waals surface area contributed by atoms with Crippen molar-refractivity contribution in [1.29, 1.82) is 0 Å². The van der Waals surface area contributed by atoms with E-state index in [-0.39, 0.29) is 39.9 Å². The van der Waals surface area contributed by atoms with E-state index in [9.17, 15) is 18.4 Å². The van der Waals surface area contributed by atoms with Crippen LogP contribution in [0, 0.1) is 11.6 Å². The van der Waals surface area contributed by atoms with Gasteiger partial charge in [0.15, 0.2) is 11.5 Å². The summed E-state index contributed by atoms with van der Waals surface area (Å²) < 4.78 is 29.1. The number of aromatic amines is 1. The normalized spacial score (nSPS) is 15.2. The summed E-state index contributed by atoms with van der Waals surface area (Å²) in [7, 11) is 0. The fraction of sp³-hybridized carbons (Fsp3) is 0.250. The number of amides is 2. The Morgan fingerprint density at radius 2 is 2.09 bits per heavy atom. The fourth-order valence-electron chi connectivity index (χ4n) is 3.72. The zero-order valence-corrected chi connectivity index (χ0v) is 16.8. The molecule has 0 bridgehead atoms. The van der Waals surface area contributed by atoms with Gasteiger partial charge in [-0.05, 0) is 6.92 Å². The van der Waals surface area contributed by atoms with Crippen LogP contribution in [0.15, 0.2) is 31.0 Å². The van der Waals surface area contributed by atoms with Gasteiger partial charge in [-0.25, -0.2) is 23.7 Å². The van der Waals surface area contributed by atoms with Gasteiger partial charge in [-0.15, -0.1) is 0 Å².